The van der Waals surface area contributed by atoms with Crippen molar-refractivity contribution in [3.63, 3.8) is 0 Å². The van der Waals surface area contributed by atoms with Crippen molar-refractivity contribution >= 4 is 29.9 Å². The summed E-state index contributed by atoms with van der Waals surface area (Å²) in [6, 6.07) is 8.83. The van der Waals surface area contributed by atoms with E-state index >= 15 is 0 Å². The van der Waals surface area contributed by atoms with Gasteiger partial charge in [-0.25, -0.2) is 4.98 Å². The van der Waals surface area contributed by atoms with Gasteiger partial charge in [-0.1, -0.05) is 24.6 Å². The zero-order chi connectivity index (χ0) is 19.1. The Morgan fingerprint density at radius 1 is 1.29 bits per heavy atom. The second-order valence-corrected chi connectivity index (χ2v) is 7.06. The molecule has 1 aliphatic heterocycles. The lowest BCUT2D eigenvalue weighted by Crippen LogP contribution is -2.45. The van der Waals surface area contributed by atoms with Crippen molar-refractivity contribution in [2.24, 2.45) is 4.99 Å². The van der Waals surface area contributed by atoms with Crippen LogP contribution in [-0.2, 0) is 6.42 Å². The molecule has 1 aromatic carbocycles. The molecule has 0 aliphatic carbocycles. The van der Waals surface area contributed by atoms with E-state index < -0.39 is 0 Å². The highest BCUT2D eigenvalue weighted by atomic mass is 127. The highest BCUT2D eigenvalue weighted by Crippen LogP contribution is 2.19. The van der Waals surface area contributed by atoms with Gasteiger partial charge in [-0.05, 0) is 45.0 Å². The molecular weight excluding hydrogens is 465 g/mol. The first-order valence-electron chi connectivity index (χ1n) is 9.89. The van der Waals surface area contributed by atoms with Gasteiger partial charge in [-0.3, -0.25) is 9.89 Å². The highest BCUT2D eigenvalue weighted by molar-refractivity contribution is 14.0. The molecule has 1 aliphatic rings. The zero-order valence-electron chi connectivity index (χ0n) is 17.1. The number of rotatable bonds is 7. The monoisotopic (exact) mass is 497 g/mol. The van der Waals surface area contributed by atoms with Crippen LogP contribution in [0.4, 0.5) is 0 Å². The molecule has 2 aromatic rings. The van der Waals surface area contributed by atoms with E-state index in [1.54, 1.807) is 6.26 Å². The van der Waals surface area contributed by atoms with Gasteiger partial charge in [-0.15, -0.1) is 24.0 Å². The molecule has 0 amide bonds. The number of aromatic nitrogens is 1. The molecule has 2 N–H and O–H groups in total. The van der Waals surface area contributed by atoms with Gasteiger partial charge in [0.15, 0.2) is 5.96 Å². The molecule has 28 heavy (non-hydrogen) atoms. The maximum absolute atomic E-state index is 5.62. The van der Waals surface area contributed by atoms with Crippen LogP contribution in [-0.4, -0.2) is 55.1 Å². The summed E-state index contributed by atoms with van der Waals surface area (Å²) in [5, 5.41) is 6.82. The second-order valence-electron chi connectivity index (χ2n) is 7.06. The van der Waals surface area contributed by atoms with Crippen molar-refractivity contribution in [1.29, 1.82) is 0 Å². The van der Waals surface area contributed by atoms with Crippen molar-refractivity contribution in [1.82, 2.24) is 20.5 Å². The van der Waals surface area contributed by atoms with E-state index in [9.17, 15) is 0 Å². The van der Waals surface area contributed by atoms with Crippen molar-refractivity contribution in [2.45, 2.75) is 39.2 Å². The van der Waals surface area contributed by atoms with Gasteiger partial charge >= 0.3 is 0 Å². The topological polar surface area (TPSA) is 65.7 Å². The minimum atomic E-state index is 0. The van der Waals surface area contributed by atoms with Crippen molar-refractivity contribution in [3.8, 4) is 11.5 Å². The highest BCUT2D eigenvalue weighted by Gasteiger charge is 2.22. The van der Waals surface area contributed by atoms with E-state index in [4.69, 9.17) is 4.42 Å². The molecule has 154 valence electrons. The lowest BCUT2D eigenvalue weighted by molar-refractivity contribution is 0.267. The maximum atomic E-state index is 5.62. The number of aliphatic imine (C=N–C) groups is 1. The number of hydrogen-bond acceptors (Lipinski definition) is 4. The summed E-state index contributed by atoms with van der Waals surface area (Å²) in [6.07, 6.45) is 5.09. The summed E-state index contributed by atoms with van der Waals surface area (Å²) in [4.78, 5) is 11.4. The quantitative estimate of drug-likeness (QED) is 0.349. The standard InChI is InChI=1S/C21H31N5O.HI/c1-4-26-13-5-6-19(26)14-24-21(22-3)23-12-11-18-15-27-20(25-18)17-9-7-16(2)8-10-17;/h7-10,15,19H,4-6,11-14H2,1-3H3,(H2,22,23,24);1H. The van der Waals surface area contributed by atoms with Gasteiger partial charge in [0.1, 0.15) is 6.26 Å². The van der Waals surface area contributed by atoms with Gasteiger partial charge in [0, 0.05) is 38.2 Å². The van der Waals surface area contributed by atoms with Crippen LogP contribution < -0.4 is 10.6 Å². The van der Waals surface area contributed by atoms with Crippen molar-refractivity contribution in [3.05, 3.63) is 41.8 Å². The lowest BCUT2D eigenvalue weighted by Gasteiger charge is -2.23. The van der Waals surface area contributed by atoms with Gasteiger partial charge in [-0.2, -0.15) is 0 Å². The predicted molar refractivity (Wildman–Crippen MR) is 125 cm³/mol. The minimum absolute atomic E-state index is 0. The van der Waals surface area contributed by atoms with Crippen LogP contribution in [0.1, 0.15) is 31.0 Å². The first-order valence-corrected chi connectivity index (χ1v) is 9.89. The van der Waals surface area contributed by atoms with Crippen LogP contribution in [0.2, 0.25) is 0 Å². The fraction of sp³-hybridized carbons (Fsp3) is 0.524. The Morgan fingerprint density at radius 2 is 2.07 bits per heavy atom. The zero-order valence-corrected chi connectivity index (χ0v) is 19.4. The summed E-state index contributed by atoms with van der Waals surface area (Å²) < 4.78 is 5.62. The molecule has 0 spiro atoms. The third kappa shape index (κ3) is 6.20. The first kappa shape index (κ1) is 22.7. The van der Waals surface area contributed by atoms with Crippen LogP contribution in [0.15, 0.2) is 39.9 Å². The molecule has 7 heteroatoms. The predicted octanol–water partition coefficient (Wildman–Crippen LogP) is 3.46. The SMILES string of the molecule is CCN1CCCC1CNC(=NC)NCCc1coc(-c2ccc(C)cc2)n1.I. The molecule has 0 saturated carbocycles. The van der Waals surface area contributed by atoms with E-state index in [2.05, 4.69) is 51.5 Å². The number of aryl methyl sites for hydroxylation is 1. The van der Waals surface area contributed by atoms with Crippen LogP contribution in [0, 0.1) is 6.92 Å². The number of benzene rings is 1. The van der Waals surface area contributed by atoms with E-state index in [0.29, 0.717) is 11.9 Å². The maximum Gasteiger partial charge on any atom is 0.226 e. The van der Waals surface area contributed by atoms with Gasteiger partial charge in [0.25, 0.3) is 0 Å². The van der Waals surface area contributed by atoms with E-state index in [1.807, 2.05) is 19.2 Å². The molecule has 1 unspecified atom stereocenters. The summed E-state index contributed by atoms with van der Waals surface area (Å²) in [5.74, 6) is 1.52. The number of nitrogens with one attached hydrogen (secondary N) is 2. The number of likely N-dealkylation sites (N-methyl/N-ethyl adjacent to an activating group) is 1. The average Bonchev–Trinajstić information content (AvgIpc) is 3.34. The second kappa shape index (κ2) is 11.4. The molecule has 2 heterocycles. The fourth-order valence-electron chi connectivity index (χ4n) is 3.54. The summed E-state index contributed by atoms with van der Waals surface area (Å²) in [5.41, 5.74) is 3.18. The molecule has 1 aromatic heterocycles. The number of hydrogen-bond donors (Lipinski definition) is 2. The molecular formula is C21H32IN5O. The largest absolute Gasteiger partial charge is 0.444 e. The van der Waals surface area contributed by atoms with Gasteiger partial charge in [0.2, 0.25) is 5.89 Å². The number of halogens is 1. The molecule has 1 atom stereocenters. The average molecular weight is 497 g/mol. The molecule has 6 nitrogen and oxygen atoms in total. The van der Waals surface area contributed by atoms with E-state index in [0.717, 1.165) is 43.3 Å². The Hall–Kier alpha value is -1.61. The third-order valence-electron chi connectivity index (χ3n) is 5.16. The van der Waals surface area contributed by atoms with Gasteiger partial charge in [0.05, 0.1) is 5.69 Å². The number of guanidine groups is 1. The summed E-state index contributed by atoms with van der Waals surface area (Å²) in [7, 11) is 1.81. The van der Waals surface area contributed by atoms with Crippen LogP contribution in [0.3, 0.4) is 0 Å². The summed E-state index contributed by atoms with van der Waals surface area (Å²) in [6.45, 7) is 8.34. The molecule has 3 rings (SSSR count). The van der Waals surface area contributed by atoms with Gasteiger partial charge < -0.3 is 15.1 Å². The Kier molecular flexibility index (Phi) is 9.24. The third-order valence-corrected chi connectivity index (χ3v) is 5.16. The van der Waals surface area contributed by atoms with Crippen LogP contribution >= 0.6 is 24.0 Å². The minimum Gasteiger partial charge on any atom is -0.444 e. The Balaban J connectivity index is 0.00000280. The Bertz CT molecular complexity index is 744. The van der Waals surface area contributed by atoms with Crippen molar-refractivity contribution < 1.29 is 4.42 Å². The molecule has 0 bridgehead atoms. The fourth-order valence-corrected chi connectivity index (χ4v) is 3.54. The summed E-state index contributed by atoms with van der Waals surface area (Å²) >= 11 is 0. The number of oxazole rings is 1. The Labute approximate surface area is 185 Å². The Morgan fingerprint density at radius 3 is 2.79 bits per heavy atom. The number of likely N-dealkylation sites (tertiary alicyclic amines) is 1. The number of nitrogens with zero attached hydrogens (tertiary/aromatic N) is 3. The molecule has 1 saturated heterocycles. The van der Waals surface area contributed by atoms with Crippen LogP contribution in [0.25, 0.3) is 11.5 Å². The van der Waals surface area contributed by atoms with E-state index in [-0.39, 0.29) is 24.0 Å². The first-order chi connectivity index (χ1) is 13.2. The van der Waals surface area contributed by atoms with Crippen molar-refractivity contribution in [2.75, 3.05) is 33.2 Å². The van der Waals surface area contributed by atoms with Crippen LogP contribution in [0.5, 0.6) is 0 Å². The smallest absolute Gasteiger partial charge is 0.226 e. The normalized spacial score (nSPS) is 17.4. The van der Waals surface area contributed by atoms with E-state index in [1.165, 1.54) is 24.9 Å². The molecule has 0 radical (unpaired) electrons. The molecule has 1 fully saturated rings. The lowest BCUT2D eigenvalue weighted by atomic mass is 10.1.